The molecule has 1 aliphatic heterocycles. The second-order valence-electron chi connectivity index (χ2n) is 6.23. The van der Waals surface area contributed by atoms with E-state index in [1.165, 1.54) is 17.7 Å². The Kier molecular flexibility index (Phi) is 5.14. The van der Waals surface area contributed by atoms with Crippen molar-refractivity contribution in [3.63, 3.8) is 0 Å². The summed E-state index contributed by atoms with van der Waals surface area (Å²) in [6.45, 7) is 9.23. The minimum absolute atomic E-state index is 0.194. The molecule has 0 aromatic carbocycles. The fraction of sp³-hybridized carbons (Fsp3) is 0.846. The van der Waals surface area contributed by atoms with Gasteiger partial charge in [0.2, 0.25) is 0 Å². The van der Waals surface area contributed by atoms with Crippen molar-refractivity contribution in [1.29, 1.82) is 0 Å². The van der Waals surface area contributed by atoms with Gasteiger partial charge in [0.1, 0.15) is 0 Å². The molecule has 104 valence electrons. The quantitative estimate of drug-likeness (QED) is 0.654. The Morgan fingerprint density at radius 1 is 1.28 bits per heavy atom. The van der Waals surface area contributed by atoms with Gasteiger partial charge in [0, 0.05) is 5.54 Å². The molecule has 0 aliphatic carbocycles. The van der Waals surface area contributed by atoms with Crippen molar-refractivity contribution in [2.24, 2.45) is 0 Å². The molecule has 1 fully saturated rings. The van der Waals surface area contributed by atoms with E-state index in [2.05, 4.69) is 17.6 Å². The Bertz CT molecular complexity index is 310. The highest BCUT2D eigenvalue weighted by Gasteiger charge is 2.25. The molecule has 5 heteroatoms. The first-order valence-electron chi connectivity index (χ1n) is 6.74. The van der Waals surface area contributed by atoms with Crippen molar-refractivity contribution in [1.82, 2.24) is 10.6 Å². The molecular formula is C13H26N3O2+. The molecule has 0 saturated carbocycles. The van der Waals surface area contributed by atoms with E-state index in [-0.39, 0.29) is 11.4 Å². The molecule has 0 radical (unpaired) electrons. The van der Waals surface area contributed by atoms with Crippen LogP contribution in [0.5, 0.6) is 0 Å². The second kappa shape index (κ2) is 6.18. The van der Waals surface area contributed by atoms with Crippen molar-refractivity contribution in [2.75, 3.05) is 13.1 Å². The average Bonchev–Trinajstić information content (AvgIpc) is 2.18. The number of urea groups is 1. The highest BCUT2D eigenvalue weighted by atomic mass is 16.2. The molecule has 1 rings (SSSR count). The normalized spacial score (nSPS) is 24.4. The highest BCUT2D eigenvalue weighted by molar-refractivity contribution is 5.94. The SMILES string of the molecule is C[C@H]1CCCC[NH+]1CC(=O)NC(=O)NC(C)(C)C. The maximum absolute atomic E-state index is 11.8. The maximum atomic E-state index is 11.8. The zero-order valence-electron chi connectivity index (χ0n) is 11.9. The lowest BCUT2D eigenvalue weighted by atomic mass is 10.0. The first-order chi connectivity index (χ1) is 8.28. The van der Waals surface area contributed by atoms with E-state index in [9.17, 15) is 9.59 Å². The maximum Gasteiger partial charge on any atom is 0.322 e. The Labute approximate surface area is 109 Å². The Morgan fingerprint density at radius 3 is 2.50 bits per heavy atom. The number of imide groups is 1. The van der Waals surface area contributed by atoms with Crippen LogP contribution >= 0.6 is 0 Å². The molecule has 1 unspecified atom stereocenters. The summed E-state index contributed by atoms with van der Waals surface area (Å²) >= 11 is 0. The minimum Gasteiger partial charge on any atom is -0.333 e. The smallest absolute Gasteiger partial charge is 0.322 e. The molecule has 18 heavy (non-hydrogen) atoms. The zero-order valence-corrected chi connectivity index (χ0v) is 11.9. The van der Waals surface area contributed by atoms with Gasteiger partial charge in [0.15, 0.2) is 6.54 Å². The third kappa shape index (κ3) is 5.49. The lowest BCUT2D eigenvalue weighted by molar-refractivity contribution is -0.920. The van der Waals surface area contributed by atoms with Crippen LogP contribution in [0, 0.1) is 0 Å². The lowest BCUT2D eigenvalue weighted by Gasteiger charge is -2.29. The average molecular weight is 256 g/mol. The number of likely N-dealkylation sites (tertiary alicyclic amines) is 1. The van der Waals surface area contributed by atoms with Gasteiger partial charge in [0.05, 0.1) is 12.6 Å². The molecule has 0 bridgehead atoms. The van der Waals surface area contributed by atoms with E-state index in [1.807, 2.05) is 20.8 Å². The van der Waals surface area contributed by atoms with Crippen molar-refractivity contribution in [2.45, 2.75) is 58.5 Å². The van der Waals surface area contributed by atoms with E-state index in [0.717, 1.165) is 13.0 Å². The number of quaternary nitrogens is 1. The van der Waals surface area contributed by atoms with Crippen LogP contribution in [0.2, 0.25) is 0 Å². The summed E-state index contributed by atoms with van der Waals surface area (Å²) < 4.78 is 0. The fourth-order valence-electron chi connectivity index (χ4n) is 2.26. The lowest BCUT2D eigenvalue weighted by Crippen LogP contribution is -3.17. The minimum atomic E-state index is -0.406. The van der Waals surface area contributed by atoms with Crippen molar-refractivity contribution in [3.8, 4) is 0 Å². The van der Waals surface area contributed by atoms with Gasteiger partial charge in [-0.15, -0.1) is 0 Å². The van der Waals surface area contributed by atoms with Crippen LogP contribution in [-0.4, -0.2) is 36.6 Å². The predicted molar refractivity (Wildman–Crippen MR) is 70.4 cm³/mol. The standard InChI is InChI=1S/C13H25N3O2/c1-10-7-5-6-8-16(10)9-11(17)14-12(18)15-13(2,3)4/h10H,5-9H2,1-4H3,(H2,14,15,17,18)/p+1/t10-/m0/s1. The zero-order chi connectivity index (χ0) is 13.8. The first-order valence-corrected chi connectivity index (χ1v) is 6.74. The molecule has 0 spiro atoms. The van der Waals surface area contributed by atoms with Gasteiger partial charge in [-0.1, -0.05) is 0 Å². The summed E-state index contributed by atoms with van der Waals surface area (Å²) in [4.78, 5) is 24.6. The third-order valence-electron chi connectivity index (χ3n) is 3.21. The molecule has 1 saturated heterocycles. The van der Waals surface area contributed by atoms with Gasteiger partial charge in [-0.2, -0.15) is 0 Å². The summed E-state index contributed by atoms with van der Waals surface area (Å²) in [5.41, 5.74) is -0.324. The van der Waals surface area contributed by atoms with Crippen LogP contribution in [0.3, 0.4) is 0 Å². The molecule has 0 aromatic rings. The molecule has 3 amide bonds. The number of carbonyl (C=O) groups excluding carboxylic acids is 2. The van der Waals surface area contributed by atoms with Crippen molar-refractivity contribution in [3.05, 3.63) is 0 Å². The third-order valence-corrected chi connectivity index (χ3v) is 3.21. The molecule has 2 atom stereocenters. The van der Waals surface area contributed by atoms with Gasteiger partial charge >= 0.3 is 6.03 Å². The van der Waals surface area contributed by atoms with E-state index >= 15 is 0 Å². The molecule has 1 heterocycles. The predicted octanol–water partition coefficient (Wildman–Crippen LogP) is 0.0680. The molecular weight excluding hydrogens is 230 g/mol. The monoisotopic (exact) mass is 256 g/mol. The van der Waals surface area contributed by atoms with Crippen molar-refractivity contribution >= 4 is 11.9 Å². The summed E-state index contributed by atoms with van der Waals surface area (Å²) in [7, 11) is 0. The number of hydrogen-bond acceptors (Lipinski definition) is 2. The Morgan fingerprint density at radius 2 is 1.94 bits per heavy atom. The number of hydrogen-bond donors (Lipinski definition) is 3. The van der Waals surface area contributed by atoms with E-state index in [4.69, 9.17) is 0 Å². The van der Waals surface area contributed by atoms with Crippen LogP contribution in [0.25, 0.3) is 0 Å². The first kappa shape index (κ1) is 15.0. The number of amides is 3. The van der Waals surface area contributed by atoms with Gasteiger partial charge < -0.3 is 10.2 Å². The van der Waals surface area contributed by atoms with Gasteiger partial charge in [0.25, 0.3) is 5.91 Å². The van der Waals surface area contributed by atoms with Crippen LogP contribution in [0.4, 0.5) is 4.79 Å². The second-order valence-corrected chi connectivity index (χ2v) is 6.23. The van der Waals surface area contributed by atoms with Gasteiger partial charge in [-0.25, -0.2) is 4.79 Å². The molecule has 5 nitrogen and oxygen atoms in total. The molecule has 1 aliphatic rings. The Hall–Kier alpha value is -1.10. The van der Waals surface area contributed by atoms with Gasteiger partial charge in [-0.05, 0) is 47.0 Å². The molecule has 0 aromatic heterocycles. The van der Waals surface area contributed by atoms with E-state index in [0.29, 0.717) is 12.6 Å². The number of carbonyl (C=O) groups is 2. The van der Waals surface area contributed by atoms with E-state index in [1.54, 1.807) is 0 Å². The van der Waals surface area contributed by atoms with Crippen molar-refractivity contribution < 1.29 is 14.5 Å². The summed E-state index contributed by atoms with van der Waals surface area (Å²) in [5.74, 6) is -0.194. The van der Waals surface area contributed by atoms with Gasteiger partial charge in [-0.3, -0.25) is 10.1 Å². The largest absolute Gasteiger partial charge is 0.333 e. The van der Waals surface area contributed by atoms with Crippen LogP contribution in [0.1, 0.15) is 47.0 Å². The number of piperidine rings is 1. The van der Waals surface area contributed by atoms with E-state index < -0.39 is 6.03 Å². The van der Waals surface area contributed by atoms with Crippen LogP contribution < -0.4 is 15.5 Å². The van der Waals surface area contributed by atoms with Crippen LogP contribution in [0.15, 0.2) is 0 Å². The summed E-state index contributed by atoms with van der Waals surface area (Å²) in [5, 5.41) is 5.11. The molecule has 3 N–H and O–H groups in total. The fourth-order valence-corrected chi connectivity index (χ4v) is 2.26. The van der Waals surface area contributed by atoms with Crippen LogP contribution in [-0.2, 0) is 4.79 Å². The summed E-state index contributed by atoms with van der Waals surface area (Å²) in [6, 6.07) is 0.103. The topological polar surface area (TPSA) is 62.6 Å². The number of rotatable bonds is 2. The number of nitrogens with one attached hydrogen (secondary N) is 3. The Balaban J connectivity index is 2.34. The highest BCUT2D eigenvalue weighted by Crippen LogP contribution is 2.01. The summed E-state index contributed by atoms with van der Waals surface area (Å²) in [6.07, 6.45) is 3.58.